The highest BCUT2D eigenvalue weighted by Crippen LogP contribution is 2.36. The van der Waals surface area contributed by atoms with Crippen LogP contribution in [0.1, 0.15) is 39.7 Å². The van der Waals surface area contributed by atoms with Crippen molar-refractivity contribution in [1.29, 1.82) is 5.26 Å². The van der Waals surface area contributed by atoms with Crippen molar-refractivity contribution in [2.24, 2.45) is 0 Å². The predicted molar refractivity (Wildman–Crippen MR) is 76.1 cm³/mol. The first kappa shape index (κ1) is 14.1. The van der Waals surface area contributed by atoms with Gasteiger partial charge < -0.3 is 9.31 Å². The molecular formula is C15H20BNO2. The van der Waals surface area contributed by atoms with Gasteiger partial charge in [0, 0.05) is 6.42 Å². The fraction of sp³-hybridized carbons (Fsp3) is 0.533. The van der Waals surface area contributed by atoms with Gasteiger partial charge in [-0.1, -0.05) is 24.3 Å². The smallest absolute Gasteiger partial charge is 0.399 e. The monoisotopic (exact) mass is 257 g/mol. The highest BCUT2D eigenvalue weighted by atomic mass is 16.7. The molecule has 19 heavy (non-hydrogen) atoms. The van der Waals surface area contributed by atoms with Crippen molar-refractivity contribution in [3.63, 3.8) is 0 Å². The summed E-state index contributed by atoms with van der Waals surface area (Å²) in [5.74, 6) is 0. The number of nitrogens with zero attached hydrogens (tertiary/aromatic N) is 1. The normalized spacial score (nSPS) is 20.3. The minimum absolute atomic E-state index is 0.333. The Hall–Kier alpha value is -1.31. The molecule has 0 N–H and O–H groups in total. The van der Waals surface area contributed by atoms with Crippen LogP contribution in [0.5, 0.6) is 0 Å². The molecule has 0 atom stereocenters. The van der Waals surface area contributed by atoms with E-state index < -0.39 is 0 Å². The van der Waals surface area contributed by atoms with Crippen LogP contribution < -0.4 is 5.46 Å². The van der Waals surface area contributed by atoms with E-state index in [2.05, 4.69) is 6.07 Å². The van der Waals surface area contributed by atoms with Crippen molar-refractivity contribution in [1.82, 2.24) is 0 Å². The van der Waals surface area contributed by atoms with E-state index in [0.717, 1.165) is 17.4 Å². The zero-order chi connectivity index (χ0) is 14.1. The molecule has 0 aliphatic carbocycles. The van der Waals surface area contributed by atoms with E-state index in [1.54, 1.807) is 0 Å². The van der Waals surface area contributed by atoms with Crippen LogP contribution in [0, 0.1) is 11.3 Å². The Morgan fingerprint density at radius 2 is 1.68 bits per heavy atom. The highest BCUT2D eigenvalue weighted by Gasteiger charge is 2.52. The summed E-state index contributed by atoms with van der Waals surface area (Å²) in [6.45, 7) is 8.19. The third-order valence-electron chi connectivity index (χ3n) is 4.07. The van der Waals surface area contributed by atoms with Gasteiger partial charge in [0.05, 0.1) is 17.3 Å². The number of hydrogen-bond acceptors (Lipinski definition) is 3. The molecule has 100 valence electrons. The Labute approximate surface area is 115 Å². The predicted octanol–water partition coefficient (Wildman–Crippen LogP) is 2.44. The van der Waals surface area contributed by atoms with Crippen LogP contribution in [0.2, 0.25) is 0 Å². The summed E-state index contributed by atoms with van der Waals surface area (Å²) in [4.78, 5) is 0. The molecular weight excluding hydrogens is 237 g/mol. The molecule has 1 saturated heterocycles. The number of aryl methyl sites for hydroxylation is 1. The molecule has 1 aliphatic heterocycles. The Bertz CT molecular complexity index is 489. The lowest BCUT2D eigenvalue weighted by Gasteiger charge is -2.32. The largest absolute Gasteiger partial charge is 0.495 e. The van der Waals surface area contributed by atoms with Crippen molar-refractivity contribution in [2.45, 2.75) is 51.7 Å². The Morgan fingerprint density at radius 1 is 1.11 bits per heavy atom. The van der Waals surface area contributed by atoms with Gasteiger partial charge in [0.25, 0.3) is 0 Å². The van der Waals surface area contributed by atoms with Crippen LogP contribution in [0.3, 0.4) is 0 Å². The van der Waals surface area contributed by atoms with Crippen LogP contribution in [0.4, 0.5) is 0 Å². The molecule has 1 heterocycles. The fourth-order valence-electron chi connectivity index (χ4n) is 2.15. The fourth-order valence-corrected chi connectivity index (χ4v) is 2.15. The SMILES string of the molecule is CC1(C)OB(c2ccccc2CCC#N)OC1(C)C. The van der Waals surface area contributed by atoms with Crippen molar-refractivity contribution < 1.29 is 9.31 Å². The maximum absolute atomic E-state index is 8.74. The highest BCUT2D eigenvalue weighted by molar-refractivity contribution is 6.62. The van der Waals surface area contributed by atoms with Crippen molar-refractivity contribution in [3.8, 4) is 6.07 Å². The number of hydrogen-bond donors (Lipinski definition) is 0. The Morgan fingerprint density at radius 3 is 2.26 bits per heavy atom. The summed E-state index contributed by atoms with van der Waals surface area (Å²) >= 11 is 0. The van der Waals surface area contributed by atoms with Crippen LogP contribution in [0.15, 0.2) is 24.3 Å². The number of rotatable bonds is 3. The molecule has 0 amide bonds. The topological polar surface area (TPSA) is 42.2 Å². The summed E-state index contributed by atoms with van der Waals surface area (Å²) in [6, 6.07) is 10.2. The first-order valence-corrected chi connectivity index (χ1v) is 6.68. The molecule has 0 aromatic heterocycles. The summed E-state index contributed by atoms with van der Waals surface area (Å²) in [6.07, 6.45) is 1.24. The minimum atomic E-state index is -0.347. The molecule has 3 nitrogen and oxygen atoms in total. The van der Waals surface area contributed by atoms with Crippen molar-refractivity contribution >= 4 is 12.6 Å². The lowest BCUT2D eigenvalue weighted by molar-refractivity contribution is 0.00578. The summed E-state index contributed by atoms with van der Waals surface area (Å²) in [5.41, 5.74) is 1.50. The second-order valence-corrected chi connectivity index (χ2v) is 5.95. The van der Waals surface area contributed by atoms with Crippen molar-refractivity contribution in [3.05, 3.63) is 29.8 Å². The van der Waals surface area contributed by atoms with Crippen LogP contribution in [0.25, 0.3) is 0 Å². The van der Waals surface area contributed by atoms with Crippen LogP contribution in [-0.4, -0.2) is 18.3 Å². The van der Waals surface area contributed by atoms with Crippen LogP contribution in [-0.2, 0) is 15.7 Å². The molecule has 1 aromatic carbocycles. The summed E-state index contributed by atoms with van der Waals surface area (Å²) in [7, 11) is -0.347. The number of nitriles is 1. The first-order valence-electron chi connectivity index (χ1n) is 6.68. The quantitative estimate of drug-likeness (QED) is 0.781. The maximum Gasteiger partial charge on any atom is 0.495 e. The molecule has 0 radical (unpaired) electrons. The van der Waals surface area contributed by atoms with E-state index in [-0.39, 0.29) is 18.3 Å². The Kier molecular flexibility index (Phi) is 3.71. The van der Waals surface area contributed by atoms with Gasteiger partial charge in [0.15, 0.2) is 0 Å². The lowest BCUT2D eigenvalue weighted by Crippen LogP contribution is -2.41. The van der Waals surface area contributed by atoms with E-state index in [4.69, 9.17) is 14.6 Å². The third kappa shape index (κ3) is 2.68. The van der Waals surface area contributed by atoms with Gasteiger partial charge in [0.2, 0.25) is 0 Å². The van der Waals surface area contributed by atoms with E-state index >= 15 is 0 Å². The van der Waals surface area contributed by atoms with Gasteiger partial charge in [-0.25, -0.2) is 0 Å². The third-order valence-corrected chi connectivity index (χ3v) is 4.07. The standard InChI is InChI=1S/C15H20BNO2/c1-14(2)15(3,4)19-16(18-14)13-10-6-5-8-12(13)9-7-11-17/h5-6,8,10H,7,9H2,1-4H3. The van der Waals surface area contributed by atoms with Gasteiger partial charge in [0.1, 0.15) is 0 Å². The van der Waals surface area contributed by atoms with Gasteiger partial charge >= 0.3 is 7.12 Å². The van der Waals surface area contributed by atoms with Crippen LogP contribution >= 0.6 is 0 Å². The molecule has 0 unspecified atom stereocenters. The molecule has 0 spiro atoms. The Balaban J connectivity index is 2.27. The maximum atomic E-state index is 8.74. The number of benzene rings is 1. The molecule has 4 heteroatoms. The minimum Gasteiger partial charge on any atom is -0.399 e. The van der Waals surface area contributed by atoms with E-state index in [1.165, 1.54) is 0 Å². The molecule has 1 fully saturated rings. The first-order chi connectivity index (χ1) is 8.87. The van der Waals surface area contributed by atoms with Crippen molar-refractivity contribution in [2.75, 3.05) is 0 Å². The van der Waals surface area contributed by atoms with E-state index in [0.29, 0.717) is 6.42 Å². The van der Waals surface area contributed by atoms with Gasteiger partial charge in [-0.05, 0) is 45.1 Å². The zero-order valence-corrected chi connectivity index (χ0v) is 12.1. The second-order valence-electron chi connectivity index (χ2n) is 5.95. The van der Waals surface area contributed by atoms with Gasteiger partial charge in [-0.15, -0.1) is 0 Å². The zero-order valence-electron chi connectivity index (χ0n) is 12.1. The lowest BCUT2D eigenvalue weighted by atomic mass is 9.75. The molecule has 1 aliphatic rings. The van der Waals surface area contributed by atoms with Gasteiger partial charge in [-0.3, -0.25) is 0 Å². The average Bonchev–Trinajstić information content (AvgIpc) is 2.56. The molecule has 0 bridgehead atoms. The van der Waals surface area contributed by atoms with E-state index in [1.807, 2.05) is 52.0 Å². The molecule has 1 aromatic rings. The summed E-state index contributed by atoms with van der Waals surface area (Å²) < 4.78 is 12.1. The molecule has 0 saturated carbocycles. The van der Waals surface area contributed by atoms with Gasteiger partial charge in [-0.2, -0.15) is 5.26 Å². The summed E-state index contributed by atoms with van der Waals surface area (Å²) in [5, 5.41) is 8.74. The second kappa shape index (κ2) is 4.99. The average molecular weight is 257 g/mol. The van der Waals surface area contributed by atoms with E-state index in [9.17, 15) is 0 Å². The molecule has 2 rings (SSSR count).